The number of hydrogen-bond acceptors (Lipinski definition) is 7. The van der Waals surface area contributed by atoms with Crippen molar-refractivity contribution >= 4 is 17.4 Å². The molecule has 0 unspecified atom stereocenters. The number of carbonyl (C=O) groups excluding carboxylic acids is 1. The zero-order valence-electron chi connectivity index (χ0n) is 13.5. The highest BCUT2D eigenvalue weighted by atomic mass is 16.5. The van der Waals surface area contributed by atoms with Crippen molar-refractivity contribution in [3.05, 3.63) is 48.3 Å². The number of carbonyl (C=O) groups is 1. The second kappa shape index (κ2) is 6.81. The van der Waals surface area contributed by atoms with Crippen molar-refractivity contribution in [2.45, 2.75) is 6.54 Å². The number of imidazole rings is 1. The molecule has 1 aliphatic heterocycles. The lowest BCUT2D eigenvalue weighted by atomic mass is 10.3. The molecule has 9 nitrogen and oxygen atoms in total. The van der Waals surface area contributed by atoms with Crippen molar-refractivity contribution in [2.75, 3.05) is 31.2 Å². The minimum Gasteiger partial charge on any atom is -0.378 e. The van der Waals surface area contributed by atoms with Gasteiger partial charge in [-0.25, -0.2) is 19.5 Å². The van der Waals surface area contributed by atoms with Gasteiger partial charge in [-0.3, -0.25) is 4.79 Å². The van der Waals surface area contributed by atoms with Gasteiger partial charge in [0.1, 0.15) is 17.8 Å². The molecule has 1 aliphatic rings. The summed E-state index contributed by atoms with van der Waals surface area (Å²) < 4.78 is 6.86. The third-order valence-electron chi connectivity index (χ3n) is 3.98. The van der Waals surface area contributed by atoms with E-state index in [0.29, 0.717) is 31.1 Å². The predicted molar refractivity (Wildman–Crippen MR) is 89.2 cm³/mol. The van der Waals surface area contributed by atoms with E-state index in [-0.39, 0.29) is 5.91 Å². The molecule has 4 heterocycles. The van der Waals surface area contributed by atoms with Crippen LogP contribution in [0.5, 0.6) is 0 Å². The Hall–Kier alpha value is -3.07. The summed E-state index contributed by atoms with van der Waals surface area (Å²) in [5.74, 6) is 0.594. The van der Waals surface area contributed by atoms with Gasteiger partial charge in [-0.2, -0.15) is 5.10 Å². The van der Waals surface area contributed by atoms with Crippen LogP contribution in [0.3, 0.4) is 0 Å². The zero-order chi connectivity index (χ0) is 17.1. The molecule has 0 atom stereocenters. The summed E-state index contributed by atoms with van der Waals surface area (Å²) in [7, 11) is 0. The molecular weight excluding hydrogens is 322 g/mol. The van der Waals surface area contributed by atoms with Gasteiger partial charge < -0.3 is 15.0 Å². The van der Waals surface area contributed by atoms with E-state index in [1.807, 2.05) is 6.07 Å². The summed E-state index contributed by atoms with van der Waals surface area (Å²) in [6.07, 6.45) is 4.64. The molecule has 0 aliphatic carbocycles. The van der Waals surface area contributed by atoms with Gasteiger partial charge in [0.25, 0.3) is 5.91 Å². The number of rotatable bonds is 4. The van der Waals surface area contributed by atoms with E-state index >= 15 is 0 Å². The standard InChI is InChI=1S/C16H17N7O2/c24-16(13-10-17-14-2-1-3-21-23(13)14)18-9-12-8-15(20-11-19-12)22-4-6-25-7-5-22/h1-3,8,10-11H,4-7,9H2,(H,18,24). The molecule has 0 bridgehead atoms. The predicted octanol–water partition coefficient (Wildman–Crippen LogP) is 0.286. The second-order valence-electron chi connectivity index (χ2n) is 5.59. The maximum absolute atomic E-state index is 12.4. The zero-order valence-corrected chi connectivity index (χ0v) is 13.5. The summed E-state index contributed by atoms with van der Waals surface area (Å²) in [6.45, 7) is 3.29. The number of fused-ring (bicyclic) bond motifs is 1. The fraction of sp³-hybridized carbons (Fsp3) is 0.312. The number of nitrogens with zero attached hydrogens (tertiary/aromatic N) is 6. The fourth-order valence-corrected chi connectivity index (χ4v) is 2.69. The van der Waals surface area contributed by atoms with Crippen molar-refractivity contribution in [1.82, 2.24) is 29.9 Å². The molecule has 25 heavy (non-hydrogen) atoms. The highest BCUT2D eigenvalue weighted by molar-refractivity contribution is 5.92. The molecule has 3 aromatic rings. The Morgan fingerprint density at radius 2 is 2.12 bits per heavy atom. The van der Waals surface area contributed by atoms with E-state index in [4.69, 9.17) is 4.74 Å². The Morgan fingerprint density at radius 3 is 3.00 bits per heavy atom. The number of morpholine rings is 1. The van der Waals surface area contributed by atoms with E-state index in [0.717, 1.165) is 24.6 Å². The van der Waals surface area contributed by atoms with Gasteiger partial charge in [0.05, 0.1) is 31.6 Å². The van der Waals surface area contributed by atoms with Gasteiger partial charge >= 0.3 is 0 Å². The molecule has 128 valence electrons. The van der Waals surface area contributed by atoms with Crippen LogP contribution in [0, 0.1) is 0 Å². The Labute approximate surface area is 143 Å². The average molecular weight is 339 g/mol. The monoisotopic (exact) mass is 339 g/mol. The molecule has 3 aromatic heterocycles. The van der Waals surface area contributed by atoms with Gasteiger partial charge in [0.15, 0.2) is 5.65 Å². The lowest BCUT2D eigenvalue weighted by molar-refractivity contribution is 0.0943. The Morgan fingerprint density at radius 1 is 1.24 bits per heavy atom. The van der Waals surface area contributed by atoms with Gasteiger partial charge in [0.2, 0.25) is 0 Å². The van der Waals surface area contributed by atoms with Crippen LogP contribution in [0.15, 0.2) is 36.9 Å². The first-order valence-corrected chi connectivity index (χ1v) is 8.02. The smallest absolute Gasteiger partial charge is 0.271 e. The lowest BCUT2D eigenvalue weighted by Crippen LogP contribution is -2.37. The Bertz CT molecular complexity index is 889. The van der Waals surface area contributed by atoms with Crippen molar-refractivity contribution < 1.29 is 9.53 Å². The maximum atomic E-state index is 12.4. The van der Waals surface area contributed by atoms with E-state index in [9.17, 15) is 4.79 Å². The van der Waals surface area contributed by atoms with Crippen LogP contribution in [0.4, 0.5) is 5.82 Å². The van der Waals surface area contributed by atoms with Gasteiger partial charge in [-0.1, -0.05) is 0 Å². The number of ether oxygens (including phenoxy) is 1. The van der Waals surface area contributed by atoms with Crippen molar-refractivity contribution in [3.63, 3.8) is 0 Å². The minimum absolute atomic E-state index is 0.252. The highest BCUT2D eigenvalue weighted by Gasteiger charge is 2.15. The third kappa shape index (κ3) is 3.26. The molecule has 1 amide bonds. The summed E-state index contributed by atoms with van der Waals surface area (Å²) in [5.41, 5.74) is 1.76. The van der Waals surface area contributed by atoms with E-state index < -0.39 is 0 Å². The molecule has 1 N–H and O–H groups in total. The minimum atomic E-state index is -0.252. The number of anilines is 1. The largest absolute Gasteiger partial charge is 0.378 e. The van der Waals surface area contributed by atoms with Gasteiger partial charge in [0, 0.05) is 25.4 Å². The summed E-state index contributed by atoms with van der Waals surface area (Å²) in [6, 6.07) is 5.46. The van der Waals surface area contributed by atoms with E-state index in [1.54, 1.807) is 18.3 Å². The first-order chi connectivity index (χ1) is 12.3. The molecule has 0 saturated carbocycles. The second-order valence-corrected chi connectivity index (χ2v) is 5.59. The van der Waals surface area contributed by atoms with Gasteiger partial charge in [-0.05, 0) is 12.1 Å². The van der Waals surface area contributed by atoms with Crippen LogP contribution in [0.1, 0.15) is 16.2 Å². The molecular formula is C16H17N7O2. The van der Waals surface area contributed by atoms with Crippen molar-refractivity contribution in [3.8, 4) is 0 Å². The molecule has 9 heteroatoms. The molecule has 1 saturated heterocycles. The average Bonchev–Trinajstić information content (AvgIpc) is 3.11. The normalized spacial score (nSPS) is 14.6. The molecule has 1 fully saturated rings. The molecule has 4 rings (SSSR count). The lowest BCUT2D eigenvalue weighted by Gasteiger charge is -2.27. The number of nitrogens with one attached hydrogen (secondary N) is 1. The summed E-state index contributed by atoms with van der Waals surface area (Å²) in [5, 5.41) is 6.99. The van der Waals surface area contributed by atoms with Crippen LogP contribution >= 0.6 is 0 Å². The van der Waals surface area contributed by atoms with Crippen molar-refractivity contribution in [1.29, 1.82) is 0 Å². The van der Waals surface area contributed by atoms with Gasteiger partial charge in [-0.15, -0.1) is 0 Å². The molecule has 0 radical (unpaired) electrons. The van der Waals surface area contributed by atoms with Crippen LogP contribution in [0.2, 0.25) is 0 Å². The molecule has 0 spiro atoms. The maximum Gasteiger partial charge on any atom is 0.271 e. The van der Waals surface area contributed by atoms with E-state index in [1.165, 1.54) is 17.0 Å². The van der Waals surface area contributed by atoms with E-state index in [2.05, 4.69) is 30.3 Å². The first kappa shape index (κ1) is 15.5. The first-order valence-electron chi connectivity index (χ1n) is 8.02. The summed E-state index contributed by atoms with van der Waals surface area (Å²) in [4.78, 5) is 27.2. The fourth-order valence-electron chi connectivity index (χ4n) is 2.69. The highest BCUT2D eigenvalue weighted by Crippen LogP contribution is 2.13. The molecule has 0 aromatic carbocycles. The number of aromatic nitrogens is 5. The Kier molecular flexibility index (Phi) is 4.21. The SMILES string of the molecule is O=C(NCc1cc(N2CCOCC2)ncn1)c1cnc2cccnn12. The topological polar surface area (TPSA) is 97.5 Å². The Balaban J connectivity index is 1.45. The number of amides is 1. The third-order valence-corrected chi connectivity index (χ3v) is 3.98. The van der Waals surface area contributed by atoms with Crippen LogP contribution in [0.25, 0.3) is 5.65 Å². The summed E-state index contributed by atoms with van der Waals surface area (Å²) >= 11 is 0. The quantitative estimate of drug-likeness (QED) is 0.729. The van der Waals surface area contributed by atoms with Crippen molar-refractivity contribution in [2.24, 2.45) is 0 Å². The number of hydrogen-bond donors (Lipinski definition) is 1. The van der Waals surface area contributed by atoms with Crippen LogP contribution in [-0.2, 0) is 11.3 Å². The van der Waals surface area contributed by atoms with Crippen LogP contribution < -0.4 is 10.2 Å². The van der Waals surface area contributed by atoms with Crippen LogP contribution in [-0.4, -0.2) is 56.8 Å².